The van der Waals surface area contributed by atoms with Crippen molar-refractivity contribution in [1.29, 1.82) is 0 Å². The van der Waals surface area contributed by atoms with Gasteiger partial charge in [0.15, 0.2) is 5.82 Å². The molecule has 2 amide bonds. The molecule has 2 aliphatic heterocycles. The number of nitrogens with two attached hydrogens (primary N) is 1. The van der Waals surface area contributed by atoms with Gasteiger partial charge < -0.3 is 16.2 Å². The van der Waals surface area contributed by atoms with Crippen molar-refractivity contribution >= 4 is 12.0 Å². The highest BCUT2D eigenvalue weighted by Crippen LogP contribution is 2.44. The number of rotatable bonds is 2. The monoisotopic (exact) mass is 263 g/mol. The summed E-state index contributed by atoms with van der Waals surface area (Å²) in [6.07, 6.45) is 2.39. The second-order valence-electron chi connectivity index (χ2n) is 4.80. The molecule has 0 saturated carbocycles. The first-order valence-electron chi connectivity index (χ1n) is 5.89. The summed E-state index contributed by atoms with van der Waals surface area (Å²) in [6, 6.07) is 0.499. The molecule has 3 heterocycles. The molecule has 8 heteroatoms. The van der Waals surface area contributed by atoms with Gasteiger partial charge in [-0.15, -0.1) is 0 Å². The number of piperazine rings is 1. The highest BCUT2D eigenvalue weighted by molar-refractivity contribution is 5.86. The van der Waals surface area contributed by atoms with Crippen LogP contribution >= 0.6 is 0 Å². The summed E-state index contributed by atoms with van der Waals surface area (Å²) >= 11 is 0. The topological polar surface area (TPSA) is 121 Å². The van der Waals surface area contributed by atoms with Crippen LogP contribution in [0.15, 0.2) is 18.5 Å². The van der Waals surface area contributed by atoms with Crippen LogP contribution in [0.1, 0.15) is 12.2 Å². The van der Waals surface area contributed by atoms with Gasteiger partial charge in [0.1, 0.15) is 11.6 Å². The summed E-state index contributed by atoms with van der Waals surface area (Å²) in [6.45, 7) is 0.387. The Morgan fingerprint density at radius 3 is 2.74 bits per heavy atom. The number of primary amides is 1. The molecule has 0 aromatic carbocycles. The van der Waals surface area contributed by atoms with Gasteiger partial charge in [-0.1, -0.05) is 0 Å². The van der Waals surface area contributed by atoms with Crippen LogP contribution in [0.25, 0.3) is 0 Å². The van der Waals surface area contributed by atoms with Crippen LogP contribution in [0, 0.1) is 0 Å². The molecule has 3 atom stereocenters. The molecular formula is C11H13N5O3. The van der Waals surface area contributed by atoms with Gasteiger partial charge in [0, 0.05) is 25.0 Å². The lowest BCUT2D eigenvalue weighted by Gasteiger charge is -2.39. The van der Waals surface area contributed by atoms with Crippen molar-refractivity contribution in [2.45, 2.75) is 24.0 Å². The summed E-state index contributed by atoms with van der Waals surface area (Å²) in [5.41, 5.74) is 4.42. The number of carbonyl (C=O) groups is 2. The summed E-state index contributed by atoms with van der Waals surface area (Å²) in [5.74, 6) is -0.256. The quantitative estimate of drug-likeness (QED) is 0.621. The number of aromatic nitrogens is 2. The van der Waals surface area contributed by atoms with Crippen LogP contribution in [-0.4, -0.2) is 50.6 Å². The summed E-state index contributed by atoms with van der Waals surface area (Å²) in [7, 11) is 0. The fourth-order valence-corrected chi connectivity index (χ4v) is 3.11. The number of amides is 2. The smallest absolute Gasteiger partial charge is 0.408 e. The maximum Gasteiger partial charge on any atom is 0.408 e. The van der Waals surface area contributed by atoms with Gasteiger partial charge in [-0.3, -0.25) is 9.69 Å². The average molecular weight is 263 g/mol. The molecule has 100 valence electrons. The Morgan fingerprint density at radius 1 is 1.47 bits per heavy atom. The van der Waals surface area contributed by atoms with E-state index >= 15 is 0 Å². The highest BCUT2D eigenvalue weighted by atomic mass is 16.4. The first-order chi connectivity index (χ1) is 9.06. The second kappa shape index (κ2) is 3.89. The van der Waals surface area contributed by atoms with Crippen LogP contribution in [0.5, 0.6) is 0 Å². The van der Waals surface area contributed by atoms with Crippen LogP contribution < -0.4 is 11.1 Å². The van der Waals surface area contributed by atoms with Gasteiger partial charge in [-0.25, -0.2) is 14.8 Å². The van der Waals surface area contributed by atoms with E-state index in [2.05, 4.69) is 15.3 Å². The molecule has 8 nitrogen and oxygen atoms in total. The molecule has 0 aliphatic carbocycles. The summed E-state index contributed by atoms with van der Waals surface area (Å²) in [4.78, 5) is 32.4. The SMILES string of the molecule is NC(=O)C1C2CC(c3ncccn3)(CN2)N1C(=O)O. The van der Waals surface area contributed by atoms with Gasteiger partial charge >= 0.3 is 6.09 Å². The highest BCUT2D eigenvalue weighted by Gasteiger charge is 2.62. The Morgan fingerprint density at radius 2 is 2.16 bits per heavy atom. The minimum Gasteiger partial charge on any atom is -0.465 e. The Balaban J connectivity index is 2.10. The van der Waals surface area contributed by atoms with Crippen LogP contribution in [0.4, 0.5) is 4.79 Å². The lowest BCUT2D eigenvalue weighted by molar-refractivity contribution is -0.124. The van der Waals surface area contributed by atoms with Crippen molar-refractivity contribution in [3.63, 3.8) is 0 Å². The molecule has 0 radical (unpaired) electrons. The molecule has 1 aromatic heterocycles. The molecule has 1 aromatic rings. The van der Waals surface area contributed by atoms with Crippen LogP contribution in [-0.2, 0) is 10.3 Å². The van der Waals surface area contributed by atoms with E-state index < -0.39 is 23.6 Å². The first-order valence-corrected chi connectivity index (χ1v) is 5.89. The maximum absolute atomic E-state index is 11.5. The number of nitrogens with one attached hydrogen (secondary N) is 1. The lowest BCUT2D eigenvalue weighted by atomic mass is 9.97. The number of hydrogen-bond acceptors (Lipinski definition) is 5. The largest absolute Gasteiger partial charge is 0.465 e. The van der Waals surface area contributed by atoms with Crippen molar-refractivity contribution in [2.75, 3.05) is 6.54 Å². The van der Waals surface area contributed by atoms with Gasteiger partial charge in [-0.2, -0.15) is 0 Å². The third-order valence-electron chi connectivity index (χ3n) is 3.81. The van der Waals surface area contributed by atoms with Gasteiger partial charge in [0.05, 0.1) is 0 Å². The molecule has 2 aliphatic rings. The normalized spacial score (nSPS) is 32.5. The number of carboxylic acid groups (broad SMARTS) is 1. The Bertz CT molecular complexity index is 536. The van der Waals surface area contributed by atoms with E-state index in [1.54, 1.807) is 18.5 Å². The summed E-state index contributed by atoms with van der Waals surface area (Å²) in [5, 5.41) is 12.5. The van der Waals surface area contributed by atoms with Gasteiger partial charge in [-0.05, 0) is 12.5 Å². The van der Waals surface area contributed by atoms with Crippen molar-refractivity contribution in [1.82, 2.24) is 20.2 Å². The predicted molar refractivity (Wildman–Crippen MR) is 63.0 cm³/mol. The Kier molecular flexibility index (Phi) is 2.42. The number of nitrogens with zero attached hydrogens (tertiary/aromatic N) is 3. The molecule has 2 bridgehead atoms. The number of likely N-dealkylation sites (tertiary alicyclic amines) is 1. The van der Waals surface area contributed by atoms with Gasteiger partial charge in [0.25, 0.3) is 0 Å². The van der Waals surface area contributed by atoms with E-state index in [4.69, 9.17) is 5.73 Å². The standard InChI is InChI=1S/C11H13N5O3/c12-8(17)7-6-4-11(5-15-6,16(7)10(18)19)9-13-2-1-3-14-9/h1-3,6-7,15H,4-5H2,(H2,12,17)(H,18,19). The van der Waals surface area contributed by atoms with E-state index in [9.17, 15) is 14.7 Å². The molecule has 3 rings (SSSR count). The lowest BCUT2D eigenvalue weighted by Crippen LogP contribution is -2.62. The van der Waals surface area contributed by atoms with Gasteiger partial charge in [0.2, 0.25) is 5.91 Å². The first kappa shape index (κ1) is 11.8. The molecule has 3 unspecified atom stereocenters. The van der Waals surface area contributed by atoms with Crippen molar-refractivity contribution in [2.24, 2.45) is 5.73 Å². The number of fused-ring (bicyclic) bond motifs is 2. The van der Waals surface area contributed by atoms with Crippen LogP contribution in [0.2, 0.25) is 0 Å². The summed E-state index contributed by atoms with van der Waals surface area (Å²) < 4.78 is 0. The second-order valence-corrected chi connectivity index (χ2v) is 4.80. The minimum absolute atomic E-state index is 0.280. The average Bonchev–Trinajstić information content (AvgIpc) is 2.96. The van der Waals surface area contributed by atoms with E-state index in [1.807, 2.05) is 0 Å². The zero-order valence-electron chi connectivity index (χ0n) is 9.98. The number of carbonyl (C=O) groups excluding carboxylic acids is 1. The third kappa shape index (κ3) is 1.49. The third-order valence-corrected chi connectivity index (χ3v) is 3.81. The van der Waals surface area contributed by atoms with Crippen molar-refractivity contribution < 1.29 is 14.7 Å². The Hall–Kier alpha value is -2.22. The fraction of sp³-hybridized carbons (Fsp3) is 0.455. The molecule has 19 heavy (non-hydrogen) atoms. The molecule has 2 saturated heterocycles. The molecular weight excluding hydrogens is 250 g/mol. The molecule has 2 fully saturated rings. The fourth-order valence-electron chi connectivity index (χ4n) is 3.11. The van der Waals surface area contributed by atoms with Crippen molar-refractivity contribution in [3.05, 3.63) is 24.3 Å². The molecule has 0 spiro atoms. The zero-order valence-corrected chi connectivity index (χ0v) is 9.98. The zero-order chi connectivity index (χ0) is 13.6. The van der Waals surface area contributed by atoms with Crippen molar-refractivity contribution in [3.8, 4) is 0 Å². The van der Waals surface area contributed by atoms with Crippen LogP contribution in [0.3, 0.4) is 0 Å². The Labute approximate surface area is 108 Å². The number of hydrogen-bond donors (Lipinski definition) is 3. The van der Waals surface area contributed by atoms with E-state index in [0.29, 0.717) is 18.8 Å². The minimum atomic E-state index is -1.18. The van der Waals surface area contributed by atoms with E-state index in [1.165, 1.54) is 0 Å². The predicted octanol–water partition coefficient (Wildman–Crippen LogP) is -1.12. The van der Waals surface area contributed by atoms with E-state index in [0.717, 1.165) is 4.90 Å². The maximum atomic E-state index is 11.5. The van der Waals surface area contributed by atoms with E-state index in [-0.39, 0.29) is 6.04 Å². The molecule has 4 N–H and O–H groups in total.